The molecular weight excluding hydrogens is 311 g/mol. The van der Waals surface area contributed by atoms with E-state index in [2.05, 4.69) is 25.6 Å². The minimum absolute atomic E-state index is 0.318. The highest BCUT2D eigenvalue weighted by Crippen LogP contribution is 2.15. The molecule has 0 spiro atoms. The van der Waals surface area contributed by atoms with Crippen molar-refractivity contribution in [3.8, 4) is 5.82 Å². The monoisotopic (exact) mass is 326 g/mol. The van der Waals surface area contributed by atoms with Gasteiger partial charge in [-0.2, -0.15) is 0 Å². The molecule has 3 aromatic rings. The lowest BCUT2D eigenvalue weighted by molar-refractivity contribution is 0.262. The summed E-state index contributed by atoms with van der Waals surface area (Å²) in [5.41, 5.74) is 0.868. The summed E-state index contributed by atoms with van der Waals surface area (Å²) in [5.74, 6) is 1.28. The first-order chi connectivity index (χ1) is 11.5. The summed E-state index contributed by atoms with van der Waals surface area (Å²) in [4.78, 5) is 24.3. The molecular formula is C16H15FN6O. The van der Waals surface area contributed by atoms with E-state index < -0.39 is 6.03 Å². The van der Waals surface area contributed by atoms with Gasteiger partial charge in [0.05, 0.1) is 0 Å². The van der Waals surface area contributed by atoms with Gasteiger partial charge in [-0.15, -0.1) is 0 Å². The number of benzene rings is 1. The average molecular weight is 326 g/mol. The fourth-order valence-corrected chi connectivity index (χ4v) is 2.12. The van der Waals surface area contributed by atoms with Crippen molar-refractivity contribution in [2.75, 3.05) is 10.6 Å². The van der Waals surface area contributed by atoms with Gasteiger partial charge in [-0.3, -0.25) is 9.88 Å². The Morgan fingerprint density at radius 1 is 1.12 bits per heavy atom. The van der Waals surface area contributed by atoms with Gasteiger partial charge in [0.15, 0.2) is 0 Å². The number of nitrogens with zero attached hydrogens (tertiary/aromatic N) is 4. The molecule has 8 heteroatoms. The van der Waals surface area contributed by atoms with E-state index in [0.717, 1.165) is 5.82 Å². The predicted molar refractivity (Wildman–Crippen MR) is 87.7 cm³/mol. The first-order valence-electron chi connectivity index (χ1n) is 7.19. The number of imidazole rings is 1. The second kappa shape index (κ2) is 6.45. The van der Waals surface area contributed by atoms with Crippen molar-refractivity contribution in [3.05, 3.63) is 60.2 Å². The molecule has 2 amide bonds. The standard InChI is InChI=1S/C16H15FN6O/c1-10-3-4-12(7-13(10)17)21-16(24)22-14-8-15(20-9-19-14)23-6-5-18-11(23)2/h3-9H,1-2H3,(H2,19,20,21,22,24). The van der Waals surface area contributed by atoms with Gasteiger partial charge in [0.2, 0.25) is 0 Å². The predicted octanol–water partition coefficient (Wildman–Crippen LogP) is 3.06. The molecule has 0 unspecified atom stereocenters. The van der Waals surface area contributed by atoms with Crippen molar-refractivity contribution in [1.82, 2.24) is 19.5 Å². The molecule has 24 heavy (non-hydrogen) atoms. The maximum absolute atomic E-state index is 13.5. The normalized spacial score (nSPS) is 10.5. The Kier molecular flexibility index (Phi) is 4.19. The molecule has 0 aliphatic carbocycles. The number of aryl methyl sites for hydroxylation is 2. The second-order valence-corrected chi connectivity index (χ2v) is 5.15. The van der Waals surface area contributed by atoms with Gasteiger partial charge in [0.25, 0.3) is 0 Å². The Bertz CT molecular complexity index is 892. The second-order valence-electron chi connectivity index (χ2n) is 5.15. The van der Waals surface area contributed by atoms with E-state index >= 15 is 0 Å². The van der Waals surface area contributed by atoms with Gasteiger partial charge in [-0.25, -0.2) is 24.1 Å². The Hall–Kier alpha value is -3.29. The molecule has 0 atom stereocenters. The van der Waals surface area contributed by atoms with E-state index in [1.165, 1.54) is 12.4 Å². The van der Waals surface area contributed by atoms with Crippen molar-refractivity contribution in [2.24, 2.45) is 0 Å². The van der Waals surface area contributed by atoms with Crippen LogP contribution in [0.15, 0.2) is 43.0 Å². The van der Waals surface area contributed by atoms with Crippen LogP contribution in [0.25, 0.3) is 5.82 Å². The fraction of sp³-hybridized carbons (Fsp3) is 0.125. The number of aromatic nitrogens is 4. The lowest BCUT2D eigenvalue weighted by Crippen LogP contribution is -2.20. The van der Waals surface area contributed by atoms with Gasteiger partial charge >= 0.3 is 6.03 Å². The summed E-state index contributed by atoms with van der Waals surface area (Å²) < 4.78 is 15.3. The number of carbonyl (C=O) groups excluding carboxylic acids is 1. The third kappa shape index (κ3) is 3.37. The molecule has 7 nitrogen and oxygen atoms in total. The van der Waals surface area contributed by atoms with Crippen LogP contribution < -0.4 is 10.6 Å². The molecule has 3 rings (SSSR count). The van der Waals surface area contributed by atoms with Crippen LogP contribution in [0.4, 0.5) is 20.7 Å². The van der Waals surface area contributed by atoms with E-state index in [9.17, 15) is 9.18 Å². The molecule has 0 aliphatic rings. The number of hydrogen-bond donors (Lipinski definition) is 2. The molecule has 0 bridgehead atoms. The summed E-state index contributed by atoms with van der Waals surface area (Å²) in [6.07, 6.45) is 4.76. The molecule has 0 saturated heterocycles. The Morgan fingerprint density at radius 2 is 1.96 bits per heavy atom. The van der Waals surface area contributed by atoms with Crippen molar-refractivity contribution >= 4 is 17.5 Å². The first kappa shape index (κ1) is 15.6. The zero-order chi connectivity index (χ0) is 17.1. The van der Waals surface area contributed by atoms with E-state index in [4.69, 9.17) is 0 Å². The molecule has 0 radical (unpaired) electrons. The van der Waals surface area contributed by atoms with Crippen LogP contribution in [0.1, 0.15) is 11.4 Å². The Labute approximate surface area is 137 Å². The maximum atomic E-state index is 13.5. The Balaban J connectivity index is 1.72. The number of nitrogens with one attached hydrogen (secondary N) is 2. The largest absolute Gasteiger partial charge is 0.324 e. The summed E-state index contributed by atoms with van der Waals surface area (Å²) >= 11 is 0. The summed E-state index contributed by atoms with van der Waals surface area (Å²) in [5, 5.41) is 5.14. The topological polar surface area (TPSA) is 84.7 Å². The number of urea groups is 1. The van der Waals surface area contributed by atoms with Crippen LogP contribution in [0.5, 0.6) is 0 Å². The van der Waals surface area contributed by atoms with Crippen molar-refractivity contribution < 1.29 is 9.18 Å². The summed E-state index contributed by atoms with van der Waals surface area (Å²) in [6.45, 7) is 3.49. The highest BCUT2D eigenvalue weighted by atomic mass is 19.1. The van der Waals surface area contributed by atoms with E-state index in [1.807, 2.05) is 6.92 Å². The van der Waals surface area contributed by atoms with Crippen LogP contribution in [0.3, 0.4) is 0 Å². The van der Waals surface area contributed by atoms with Gasteiger partial charge in [0, 0.05) is 24.1 Å². The number of hydrogen-bond acceptors (Lipinski definition) is 4. The molecule has 2 aromatic heterocycles. The molecule has 0 saturated carbocycles. The molecule has 0 aliphatic heterocycles. The van der Waals surface area contributed by atoms with Crippen LogP contribution in [0.2, 0.25) is 0 Å². The van der Waals surface area contributed by atoms with Crippen molar-refractivity contribution in [3.63, 3.8) is 0 Å². The average Bonchev–Trinajstić information content (AvgIpc) is 2.97. The van der Waals surface area contributed by atoms with Gasteiger partial charge < -0.3 is 5.32 Å². The fourth-order valence-electron chi connectivity index (χ4n) is 2.12. The lowest BCUT2D eigenvalue weighted by Gasteiger charge is -2.09. The van der Waals surface area contributed by atoms with E-state index in [1.54, 1.807) is 42.1 Å². The quantitative estimate of drug-likeness (QED) is 0.774. The van der Waals surface area contributed by atoms with Gasteiger partial charge in [-0.1, -0.05) is 6.07 Å². The van der Waals surface area contributed by atoms with Crippen molar-refractivity contribution in [2.45, 2.75) is 13.8 Å². The third-order valence-electron chi connectivity index (χ3n) is 3.40. The minimum atomic E-state index is -0.523. The van der Waals surface area contributed by atoms with Gasteiger partial charge in [0.1, 0.15) is 29.6 Å². The van der Waals surface area contributed by atoms with Crippen LogP contribution >= 0.6 is 0 Å². The third-order valence-corrected chi connectivity index (χ3v) is 3.40. The first-order valence-corrected chi connectivity index (χ1v) is 7.19. The number of carbonyl (C=O) groups is 1. The molecule has 2 heterocycles. The SMILES string of the molecule is Cc1ccc(NC(=O)Nc2cc(-n3ccnc3C)ncn2)cc1F. The number of anilines is 2. The highest BCUT2D eigenvalue weighted by Gasteiger charge is 2.08. The zero-order valence-corrected chi connectivity index (χ0v) is 13.1. The molecule has 1 aromatic carbocycles. The van der Waals surface area contributed by atoms with E-state index in [-0.39, 0.29) is 5.82 Å². The van der Waals surface area contributed by atoms with Crippen LogP contribution in [-0.4, -0.2) is 25.6 Å². The number of halogens is 1. The Morgan fingerprint density at radius 3 is 2.67 bits per heavy atom. The number of amides is 2. The molecule has 0 fully saturated rings. The van der Waals surface area contributed by atoms with Gasteiger partial charge in [-0.05, 0) is 31.5 Å². The van der Waals surface area contributed by atoms with Crippen molar-refractivity contribution in [1.29, 1.82) is 0 Å². The number of rotatable bonds is 3. The summed E-state index contributed by atoms with van der Waals surface area (Å²) in [7, 11) is 0. The lowest BCUT2D eigenvalue weighted by atomic mass is 10.2. The summed E-state index contributed by atoms with van der Waals surface area (Å²) in [6, 6.07) is 5.57. The van der Waals surface area contributed by atoms with E-state index in [0.29, 0.717) is 22.9 Å². The smallest absolute Gasteiger partial charge is 0.308 e. The minimum Gasteiger partial charge on any atom is -0.308 e. The van der Waals surface area contributed by atoms with Crippen LogP contribution in [-0.2, 0) is 0 Å². The molecule has 2 N–H and O–H groups in total. The maximum Gasteiger partial charge on any atom is 0.324 e. The highest BCUT2D eigenvalue weighted by molar-refractivity contribution is 5.99. The zero-order valence-electron chi connectivity index (χ0n) is 13.1. The van der Waals surface area contributed by atoms with Crippen LogP contribution in [0, 0.1) is 19.7 Å². The molecule has 122 valence electrons.